The summed E-state index contributed by atoms with van der Waals surface area (Å²) in [5, 5.41) is 0. The number of hydrogen-bond donors (Lipinski definition) is 0. The van der Waals surface area contributed by atoms with Crippen LogP contribution in [0.25, 0.3) is 0 Å². The Bertz CT molecular complexity index is 794. The first-order valence-electron chi connectivity index (χ1n) is 10.3. The van der Waals surface area contributed by atoms with Gasteiger partial charge < -0.3 is 14.5 Å². The molecule has 2 atom stereocenters. The highest BCUT2D eigenvalue weighted by Gasteiger charge is 2.40. The molecule has 5 heteroatoms. The standard InChI is InChI=1S/C24H30N2O3/c1-3-23(27)26(20-12-8-5-9-13-20)22-15-17-25(18-21(22)24(28)29-2)16-14-19-10-6-4-7-11-19/h4-13,21-22H,3,14-18H2,1-2H3/t21-,22-/m1/s1. The summed E-state index contributed by atoms with van der Waals surface area (Å²) < 4.78 is 5.13. The van der Waals surface area contributed by atoms with Gasteiger partial charge in [0.1, 0.15) is 0 Å². The number of rotatable bonds is 7. The maximum Gasteiger partial charge on any atom is 0.312 e. The third-order valence-electron chi connectivity index (χ3n) is 5.66. The second-order valence-corrected chi connectivity index (χ2v) is 7.47. The molecule has 2 aromatic rings. The molecule has 1 saturated heterocycles. The first-order valence-corrected chi connectivity index (χ1v) is 10.3. The van der Waals surface area contributed by atoms with Crippen molar-refractivity contribution >= 4 is 17.6 Å². The van der Waals surface area contributed by atoms with Gasteiger partial charge in [-0.3, -0.25) is 9.59 Å². The third kappa shape index (κ3) is 5.24. The number of ether oxygens (including phenoxy) is 1. The van der Waals surface area contributed by atoms with E-state index in [4.69, 9.17) is 4.74 Å². The van der Waals surface area contributed by atoms with E-state index in [1.165, 1.54) is 12.7 Å². The third-order valence-corrected chi connectivity index (χ3v) is 5.66. The molecule has 3 rings (SSSR count). The highest BCUT2D eigenvalue weighted by Crippen LogP contribution is 2.29. The molecule has 5 nitrogen and oxygen atoms in total. The van der Waals surface area contributed by atoms with Crippen LogP contribution in [0.3, 0.4) is 0 Å². The maximum absolute atomic E-state index is 12.8. The molecule has 0 radical (unpaired) electrons. The molecule has 1 fully saturated rings. The number of amides is 1. The molecule has 1 aliphatic heterocycles. The molecule has 0 aromatic heterocycles. The number of benzene rings is 2. The number of carbonyl (C=O) groups is 2. The van der Waals surface area contributed by atoms with E-state index in [2.05, 4.69) is 17.0 Å². The van der Waals surface area contributed by atoms with Gasteiger partial charge in [-0.15, -0.1) is 0 Å². The zero-order chi connectivity index (χ0) is 20.6. The van der Waals surface area contributed by atoms with Crippen LogP contribution in [0, 0.1) is 5.92 Å². The topological polar surface area (TPSA) is 49.9 Å². The molecule has 1 heterocycles. The number of likely N-dealkylation sites (tertiary alicyclic amines) is 1. The van der Waals surface area contributed by atoms with Crippen molar-refractivity contribution in [2.75, 3.05) is 31.6 Å². The van der Waals surface area contributed by atoms with Crippen LogP contribution in [0.2, 0.25) is 0 Å². The van der Waals surface area contributed by atoms with Crippen molar-refractivity contribution in [2.24, 2.45) is 5.92 Å². The Morgan fingerprint density at radius 2 is 1.72 bits per heavy atom. The predicted octanol–water partition coefficient (Wildman–Crippen LogP) is 3.54. The van der Waals surface area contributed by atoms with Crippen LogP contribution in [-0.2, 0) is 20.7 Å². The van der Waals surface area contributed by atoms with Crippen LogP contribution in [0.4, 0.5) is 5.69 Å². The van der Waals surface area contributed by atoms with Crippen molar-refractivity contribution in [1.82, 2.24) is 4.90 Å². The molecule has 0 aliphatic carbocycles. The van der Waals surface area contributed by atoms with Crippen LogP contribution in [0.15, 0.2) is 60.7 Å². The highest BCUT2D eigenvalue weighted by molar-refractivity contribution is 5.94. The minimum Gasteiger partial charge on any atom is -0.469 e. The average Bonchev–Trinajstić information content (AvgIpc) is 2.79. The molecule has 1 amide bonds. The second-order valence-electron chi connectivity index (χ2n) is 7.47. The minimum absolute atomic E-state index is 0.0350. The summed E-state index contributed by atoms with van der Waals surface area (Å²) in [4.78, 5) is 29.6. The van der Waals surface area contributed by atoms with E-state index in [0.717, 1.165) is 31.6 Å². The second kappa shape index (κ2) is 10.2. The Kier molecular flexibility index (Phi) is 7.42. The fraction of sp³-hybridized carbons (Fsp3) is 0.417. The van der Waals surface area contributed by atoms with Crippen molar-refractivity contribution in [1.29, 1.82) is 0 Å². The van der Waals surface area contributed by atoms with Gasteiger partial charge in [-0.2, -0.15) is 0 Å². The number of nitrogens with zero attached hydrogens (tertiary/aromatic N) is 2. The van der Waals surface area contributed by atoms with Gasteiger partial charge in [0.05, 0.1) is 19.1 Å². The Morgan fingerprint density at radius 3 is 2.34 bits per heavy atom. The van der Waals surface area contributed by atoms with E-state index >= 15 is 0 Å². The van der Waals surface area contributed by atoms with Crippen molar-refractivity contribution < 1.29 is 14.3 Å². The van der Waals surface area contributed by atoms with E-state index < -0.39 is 0 Å². The molecule has 1 aliphatic rings. The largest absolute Gasteiger partial charge is 0.469 e. The molecule has 0 spiro atoms. The fourth-order valence-corrected chi connectivity index (χ4v) is 4.11. The molecule has 0 unspecified atom stereocenters. The van der Waals surface area contributed by atoms with E-state index in [-0.39, 0.29) is 23.8 Å². The fourth-order valence-electron chi connectivity index (χ4n) is 4.11. The lowest BCUT2D eigenvalue weighted by Gasteiger charge is -2.42. The Balaban J connectivity index is 1.77. The van der Waals surface area contributed by atoms with Gasteiger partial charge in [0.2, 0.25) is 5.91 Å². The van der Waals surface area contributed by atoms with Gasteiger partial charge in [-0.25, -0.2) is 0 Å². The molecule has 2 aromatic carbocycles. The summed E-state index contributed by atoms with van der Waals surface area (Å²) in [6.07, 6.45) is 2.09. The van der Waals surface area contributed by atoms with Crippen LogP contribution >= 0.6 is 0 Å². The zero-order valence-electron chi connectivity index (χ0n) is 17.3. The van der Waals surface area contributed by atoms with Gasteiger partial charge in [-0.05, 0) is 30.5 Å². The van der Waals surface area contributed by atoms with Crippen LogP contribution < -0.4 is 4.90 Å². The average molecular weight is 395 g/mol. The zero-order valence-corrected chi connectivity index (χ0v) is 17.3. The summed E-state index contributed by atoms with van der Waals surface area (Å²) in [6, 6.07) is 19.8. The molecular formula is C24H30N2O3. The first-order chi connectivity index (χ1) is 14.1. The lowest BCUT2D eigenvalue weighted by molar-refractivity contribution is -0.148. The lowest BCUT2D eigenvalue weighted by atomic mass is 9.89. The van der Waals surface area contributed by atoms with E-state index in [1.54, 1.807) is 0 Å². The van der Waals surface area contributed by atoms with Gasteiger partial charge in [0.15, 0.2) is 0 Å². The maximum atomic E-state index is 12.8. The molecular weight excluding hydrogens is 364 g/mol. The van der Waals surface area contributed by atoms with Crippen LogP contribution in [0.1, 0.15) is 25.3 Å². The van der Waals surface area contributed by atoms with E-state index in [1.807, 2.05) is 60.4 Å². The van der Waals surface area contributed by atoms with Gasteiger partial charge in [0, 0.05) is 31.7 Å². The quantitative estimate of drug-likeness (QED) is 0.674. The Morgan fingerprint density at radius 1 is 1.07 bits per heavy atom. The van der Waals surface area contributed by atoms with Crippen molar-refractivity contribution in [3.63, 3.8) is 0 Å². The number of anilines is 1. The monoisotopic (exact) mass is 394 g/mol. The van der Waals surface area contributed by atoms with Crippen LogP contribution in [-0.4, -0.2) is 49.6 Å². The minimum atomic E-state index is -0.361. The van der Waals surface area contributed by atoms with Crippen LogP contribution in [0.5, 0.6) is 0 Å². The Labute approximate surface area is 173 Å². The molecule has 0 N–H and O–H groups in total. The number of hydrogen-bond acceptors (Lipinski definition) is 4. The van der Waals surface area contributed by atoms with Crippen molar-refractivity contribution in [2.45, 2.75) is 32.2 Å². The molecule has 154 valence electrons. The summed E-state index contributed by atoms with van der Waals surface area (Å²) in [5.41, 5.74) is 2.13. The first kappa shape index (κ1) is 21.1. The van der Waals surface area contributed by atoms with Gasteiger partial charge >= 0.3 is 5.97 Å². The highest BCUT2D eigenvalue weighted by atomic mass is 16.5. The van der Waals surface area contributed by atoms with Crippen molar-refractivity contribution in [3.05, 3.63) is 66.2 Å². The normalized spacial score (nSPS) is 19.5. The number of para-hydroxylation sites is 1. The van der Waals surface area contributed by atoms with Gasteiger partial charge in [0.25, 0.3) is 0 Å². The number of esters is 1. The SMILES string of the molecule is CCC(=O)N(c1ccccc1)[C@@H]1CCN(CCc2ccccc2)C[C@H]1C(=O)OC. The summed E-state index contributed by atoms with van der Waals surface area (Å²) >= 11 is 0. The smallest absolute Gasteiger partial charge is 0.312 e. The molecule has 29 heavy (non-hydrogen) atoms. The summed E-state index contributed by atoms with van der Waals surface area (Å²) in [7, 11) is 1.43. The number of carbonyl (C=O) groups excluding carboxylic acids is 2. The summed E-state index contributed by atoms with van der Waals surface area (Å²) in [5.74, 6) is -0.572. The number of methoxy groups -OCH3 is 1. The van der Waals surface area contributed by atoms with Crippen molar-refractivity contribution in [3.8, 4) is 0 Å². The van der Waals surface area contributed by atoms with E-state index in [0.29, 0.717) is 13.0 Å². The molecule has 0 saturated carbocycles. The predicted molar refractivity (Wildman–Crippen MR) is 115 cm³/mol. The molecule has 0 bridgehead atoms. The summed E-state index contributed by atoms with van der Waals surface area (Å²) in [6.45, 7) is 4.20. The lowest BCUT2D eigenvalue weighted by Crippen LogP contribution is -2.56. The van der Waals surface area contributed by atoms with E-state index in [9.17, 15) is 9.59 Å². The number of piperidine rings is 1. The van der Waals surface area contributed by atoms with Gasteiger partial charge in [-0.1, -0.05) is 55.5 Å². The Hall–Kier alpha value is -2.66.